The number of urea groups is 1. The lowest BCUT2D eigenvalue weighted by atomic mass is 10.1. The van der Waals surface area contributed by atoms with E-state index in [0.717, 1.165) is 5.56 Å². The summed E-state index contributed by atoms with van der Waals surface area (Å²) in [6.45, 7) is 2.88. The van der Waals surface area contributed by atoms with Gasteiger partial charge in [0.1, 0.15) is 5.75 Å². The lowest BCUT2D eigenvalue weighted by Crippen LogP contribution is -2.47. The van der Waals surface area contributed by atoms with Crippen molar-refractivity contribution >= 4 is 21.7 Å². The van der Waals surface area contributed by atoms with Crippen molar-refractivity contribution in [3.05, 3.63) is 54.1 Å². The summed E-state index contributed by atoms with van der Waals surface area (Å²) in [5, 5.41) is 2.85. The minimum Gasteiger partial charge on any atom is -0.497 e. The zero-order chi connectivity index (χ0) is 20.1. The van der Waals surface area contributed by atoms with Gasteiger partial charge in [-0.25, -0.2) is 17.9 Å². The Labute approximate surface area is 165 Å². The molecule has 0 radical (unpaired) electrons. The van der Waals surface area contributed by atoms with E-state index in [2.05, 4.69) is 10.0 Å². The third-order valence-corrected chi connectivity index (χ3v) is 6.29. The number of hydrogen-bond donors (Lipinski definition) is 2. The monoisotopic (exact) mass is 403 g/mol. The molecule has 2 aromatic carbocycles. The molecule has 1 fully saturated rings. The Hall–Kier alpha value is -2.58. The predicted octanol–water partition coefficient (Wildman–Crippen LogP) is 2.98. The fourth-order valence-electron chi connectivity index (χ4n) is 3.11. The molecule has 28 heavy (non-hydrogen) atoms. The normalized spacial score (nSPS) is 15.3. The lowest BCUT2D eigenvalue weighted by Gasteiger charge is -2.32. The number of carbonyl (C=O) groups is 1. The van der Waals surface area contributed by atoms with E-state index in [1.807, 2.05) is 6.92 Å². The maximum Gasteiger partial charge on any atom is 0.321 e. The SMILES string of the molecule is COc1cccc(NC(=O)N2CCC(NS(=O)(=O)c3ccc(C)cc3)CC2)c1. The number of methoxy groups -OCH3 is 1. The number of carbonyl (C=O) groups excluding carboxylic acids is 1. The molecule has 1 aliphatic rings. The van der Waals surface area contributed by atoms with Gasteiger partial charge in [0.15, 0.2) is 0 Å². The maximum atomic E-state index is 12.5. The fourth-order valence-corrected chi connectivity index (χ4v) is 4.41. The minimum atomic E-state index is -3.55. The molecule has 0 spiro atoms. The van der Waals surface area contributed by atoms with E-state index < -0.39 is 10.0 Å². The van der Waals surface area contributed by atoms with Gasteiger partial charge < -0.3 is 15.0 Å². The summed E-state index contributed by atoms with van der Waals surface area (Å²) in [7, 11) is -1.98. The molecule has 0 saturated carbocycles. The van der Waals surface area contributed by atoms with Gasteiger partial charge >= 0.3 is 6.03 Å². The van der Waals surface area contributed by atoms with Gasteiger partial charge in [0.2, 0.25) is 10.0 Å². The number of anilines is 1. The van der Waals surface area contributed by atoms with Crippen LogP contribution in [0, 0.1) is 6.92 Å². The van der Waals surface area contributed by atoms with Gasteiger partial charge in [-0.2, -0.15) is 0 Å². The zero-order valence-corrected chi connectivity index (χ0v) is 16.8. The van der Waals surface area contributed by atoms with Crippen LogP contribution in [0.2, 0.25) is 0 Å². The highest BCUT2D eigenvalue weighted by Gasteiger charge is 2.26. The van der Waals surface area contributed by atoms with E-state index in [9.17, 15) is 13.2 Å². The summed E-state index contributed by atoms with van der Waals surface area (Å²) < 4.78 is 32.9. The van der Waals surface area contributed by atoms with Crippen molar-refractivity contribution in [2.75, 3.05) is 25.5 Å². The van der Waals surface area contributed by atoms with Crippen molar-refractivity contribution in [2.24, 2.45) is 0 Å². The maximum absolute atomic E-state index is 12.5. The second-order valence-corrected chi connectivity index (χ2v) is 8.57. The molecule has 0 atom stereocenters. The molecule has 0 aliphatic carbocycles. The predicted molar refractivity (Wildman–Crippen MR) is 108 cm³/mol. The number of nitrogens with zero attached hydrogens (tertiary/aromatic N) is 1. The van der Waals surface area contributed by atoms with Crippen LogP contribution >= 0.6 is 0 Å². The smallest absolute Gasteiger partial charge is 0.321 e. The van der Waals surface area contributed by atoms with Crippen LogP contribution in [0.25, 0.3) is 0 Å². The molecule has 8 heteroatoms. The molecular weight excluding hydrogens is 378 g/mol. The molecule has 3 rings (SSSR count). The Morgan fingerprint density at radius 1 is 1.11 bits per heavy atom. The second kappa shape index (κ2) is 8.62. The van der Waals surface area contributed by atoms with E-state index in [0.29, 0.717) is 37.4 Å². The van der Waals surface area contributed by atoms with E-state index >= 15 is 0 Å². The van der Waals surface area contributed by atoms with Gasteiger partial charge in [-0.15, -0.1) is 0 Å². The molecule has 0 aromatic heterocycles. The summed E-state index contributed by atoms with van der Waals surface area (Å²) in [4.78, 5) is 14.4. The van der Waals surface area contributed by atoms with Gasteiger partial charge in [-0.05, 0) is 44.0 Å². The van der Waals surface area contributed by atoms with Crippen molar-refractivity contribution in [1.82, 2.24) is 9.62 Å². The van der Waals surface area contributed by atoms with Crippen LogP contribution in [-0.4, -0.2) is 45.6 Å². The summed E-state index contributed by atoms with van der Waals surface area (Å²) in [6, 6.07) is 13.5. The summed E-state index contributed by atoms with van der Waals surface area (Å²) in [5.74, 6) is 0.669. The van der Waals surface area contributed by atoms with E-state index in [1.165, 1.54) is 0 Å². The molecule has 2 amide bonds. The Bertz CT molecular complexity index is 921. The van der Waals surface area contributed by atoms with Crippen LogP contribution in [0.5, 0.6) is 5.75 Å². The first kappa shape index (κ1) is 20.2. The highest BCUT2D eigenvalue weighted by atomic mass is 32.2. The fraction of sp³-hybridized carbons (Fsp3) is 0.350. The third-order valence-electron chi connectivity index (χ3n) is 4.76. The van der Waals surface area contributed by atoms with E-state index in [1.54, 1.807) is 60.5 Å². The molecule has 1 heterocycles. The van der Waals surface area contributed by atoms with Gasteiger partial charge in [-0.3, -0.25) is 0 Å². The molecule has 1 aliphatic heterocycles. The topological polar surface area (TPSA) is 87.7 Å². The summed E-state index contributed by atoms with van der Waals surface area (Å²) >= 11 is 0. The van der Waals surface area contributed by atoms with Gasteiger partial charge in [-0.1, -0.05) is 23.8 Å². The van der Waals surface area contributed by atoms with Gasteiger partial charge in [0, 0.05) is 30.9 Å². The highest BCUT2D eigenvalue weighted by Crippen LogP contribution is 2.19. The first-order valence-corrected chi connectivity index (χ1v) is 10.6. The third kappa shape index (κ3) is 5.02. The Morgan fingerprint density at radius 2 is 1.79 bits per heavy atom. The lowest BCUT2D eigenvalue weighted by molar-refractivity contribution is 0.193. The molecular formula is C20H25N3O4S. The summed E-state index contributed by atoms with van der Waals surface area (Å²) in [6.07, 6.45) is 1.13. The van der Waals surface area contributed by atoms with E-state index in [4.69, 9.17) is 4.74 Å². The number of nitrogens with one attached hydrogen (secondary N) is 2. The van der Waals surface area contributed by atoms with Crippen LogP contribution in [-0.2, 0) is 10.0 Å². The van der Waals surface area contributed by atoms with Gasteiger partial charge in [0.25, 0.3) is 0 Å². The number of sulfonamides is 1. The van der Waals surface area contributed by atoms with Crippen molar-refractivity contribution in [3.8, 4) is 5.75 Å². The standard InChI is InChI=1S/C20H25N3O4S/c1-15-6-8-19(9-7-15)28(25,26)22-16-10-12-23(13-11-16)20(24)21-17-4-3-5-18(14-17)27-2/h3-9,14,16,22H,10-13H2,1-2H3,(H,21,24). The highest BCUT2D eigenvalue weighted by molar-refractivity contribution is 7.89. The Balaban J connectivity index is 1.53. The number of likely N-dealkylation sites (tertiary alicyclic amines) is 1. The molecule has 150 valence electrons. The Morgan fingerprint density at radius 3 is 2.43 bits per heavy atom. The minimum absolute atomic E-state index is 0.188. The van der Waals surface area contributed by atoms with Crippen LogP contribution < -0.4 is 14.8 Å². The quantitative estimate of drug-likeness (QED) is 0.803. The summed E-state index contributed by atoms with van der Waals surface area (Å²) in [5.41, 5.74) is 1.67. The van der Waals surface area contributed by atoms with Crippen LogP contribution in [0.15, 0.2) is 53.4 Å². The number of ether oxygens (including phenoxy) is 1. The molecule has 7 nitrogen and oxygen atoms in total. The number of amides is 2. The first-order valence-electron chi connectivity index (χ1n) is 9.16. The molecule has 0 unspecified atom stereocenters. The number of aryl methyl sites for hydroxylation is 1. The van der Waals surface area contributed by atoms with Crippen LogP contribution in [0.1, 0.15) is 18.4 Å². The van der Waals surface area contributed by atoms with E-state index in [-0.39, 0.29) is 17.0 Å². The zero-order valence-electron chi connectivity index (χ0n) is 16.0. The van der Waals surface area contributed by atoms with Crippen molar-refractivity contribution in [3.63, 3.8) is 0 Å². The number of benzene rings is 2. The molecule has 2 aromatic rings. The first-order chi connectivity index (χ1) is 13.4. The van der Waals surface area contributed by atoms with Crippen LogP contribution in [0.3, 0.4) is 0 Å². The number of rotatable bonds is 5. The number of piperidine rings is 1. The van der Waals surface area contributed by atoms with Gasteiger partial charge in [0.05, 0.1) is 12.0 Å². The molecule has 0 bridgehead atoms. The molecule has 1 saturated heterocycles. The average Bonchev–Trinajstić information content (AvgIpc) is 2.68. The number of hydrogen-bond acceptors (Lipinski definition) is 4. The molecule has 2 N–H and O–H groups in total. The average molecular weight is 404 g/mol. The van der Waals surface area contributed by atoms with Crippen LogP contribution in [0.4, 0.5) is 10.5 Å². The van der Waals surface area contributed by atoms with Crippen molar-refractivity contribution in [2.45, 2.75) is 30.7 Å². The second-order valence-electron chi connectivity index (χ2n) is 6.86. The Kier molecular flexibility index (Phi) is 6.21. The largest absolute Gasteiger partial charge is 0.497 e. The van der Waals surface area contributed by atoms with Crippen molar-refractivity contribution < 1.29 is 17.9 Å². The van der Waals surface area contributed by atoms with Crippen molar-refractivity contribution in [1.29, 1.82) is 0 Å².